The zero-order valence-corrected chi connectivity index (χ0v) is 18.6. The minimum atomic E-state index is 0.492. The summed E-state index contributed by atoms with van der Waals surface area (Å²) in [6.07, 6.45) is 2.86. The molecule has 1 unspecified atom stereocenters. The number of likely N-dealkylation sites (tertiary alicyclic amines) is 1. The van der Waals surface area contributed by atoms with E-state index in [1.807, 2.05) is 42.5 Å². The number of guanidine groups is 1. The fourth-order valence-electron chi connectivity index (χ4n) is 3.54. The minimum Gasteiger partial charge on any atom is -0.473 e. The molecule has 1 aromatic heterocycles. The Bertz CT molecular complexity index is 800. The van der Waals surface area contributed by atoms with Crippen LogP contribution in [-0.2, 0) is 22.6 Å². The summed E-state index contributed by atoms with van der Waals surface area (Å²) in [4.78, 5) is 11.6. The van der Waals surface area contributed by atoms with Crippen molar-refractivity contribution < 1.29 is 14.2 Å². The molecule has 0 radical (unpaired) electrons. The lowest BCUT2D eigenvalue weighted by Crippen LogP contribution is -2.40. The fraction of sp³-hybridized carbons (Fsp3) is 0.500. The smallest absolute Gasteiger partial charge is 0.218 e. The van der Waals surface area contributed by atoms with Crippen molar-refractivity contribution >= 4 is 5.96 Å². The second-order valence-electron chi connectivity index (χ2n) is 7.58. The van der Waals surface area contributed by atoms with Crippen LogP contribution in [0.5, 0.6) is 5.88 Å². The summed E-state index contributed by atoms with van der Waals surface area (Å²) in [6, 6.07) is 14.1. The second kappa shape index (κ2) is 12.9. The summed E-state index contributed by atoms with van der Waals surface area (Å²) in [5, 5.41) is 3.42. The summed E-state index contributed by atoms with van der Waals surface area (Å²) in [5.41, 5.74) is 2.10. The van der Waals surface area contributed by atoms with Crippen molar-refractivity contribution in [3.8, 4) is 5.88 Å². The van der Waals surface area contributed by atoms with Gasteiger partial charge in [-0.05, 0) is 25.0 Å². The number of rotatable bonds is 11. The van der Waals surface area contributed by atoms with Crippen molar-refractivity contribution in [1.82, 2.24) is 15.2 Å². The summed E-state index contributed by atoms with van der Waals surface area (Å²) < 4.78 is 16.7. The van der Waals surface area contributed by atoms with Crippen LogP contribution in [0.4, 0.5) is 0 Å². The van der Waals surface area contributed by atoms with Crippen LogP contribution < -0.4 is 10.1 Å². The monoisotopic (exact) mass is 426 g/mol. The number of nitrogens with zero attached hydrogens (tertiary/aromatic N) is 3. The molecule has 1 atom stereocenters. The van der Waals surface area contributed by atoms with Crippen LogP contribution in [0.15, 0.2) is 53.7 Å². The molecule has 1 fully saturated rings. The van der Waals surface area contributed by atoms with Gasteiger partial charge in [0, 0.05) is 44.4 Å². The lowest BCUT2D eigenvalue weighted by molar-refractivity contribution is 0.0536. The fourth-order valence-corrected chi connectivity index (χ4v) is 3.54. The van der Waals surface area contributed by atoms with Gasteiger partial charge in [0.2, 0.25) is 5.88 Å². The molecule has 0 amide bonds. The van der Waals surface area contributed by atoms with Gasteiger partial charge in [-0.2, -0.15) is 0 Å². The van der Waals surface area contributed by atoms with Gasteiger partial charge < -0.3 is 24.4 Å². The third-order valence-electron chi connectivity index (χ3n) is 5.17. The van der Waals surface area contributed by atoms with Gasteiger partial charge in [-0.15, -0.1) is 0 Å². The number of aromatic nitrogens is 1. The quantitative estimate of drug-likeness (QED) is 0.338. The van der Waals surface area contributed by atoms with E-state index in [2.05, 4.69) is 22.1 Å². The maximum atomic E-state index is 5.98. The Hall–Kier alpha value is -2.64. The van der Waals surface area contributed by atoms with Gasteiger partial charge in [-0.3, -0.25) is 0 Å². The van der Waals surface area contributed by atoms with Crippen LogP contribution >= 0.6 is 0 Å². The number of ether oxygens (including phenoxy) is 3. The molecule has 1 aromatic carbocycles. The SMILES string of the molecule is CCNC(=NCc1cccnc1OCc1ccccc1)N1CCC(COCCOC)C1. The molecular weight excluding hydrogens is 392 g/mol. The van der Waals surface area contributed by atoms with Crippen LogP contribution in [0.2, 0.25) is 0 Å². The highest BCUT2D eigenvalue weighted by Gasteiger charge is 2.25. The Morgan fingerprint density at radius 3 is 2.87 bits per heavy atom. The van der Waals surface area contributed by atoms with E-state index in [-0.39, 0.29) is 0 Å². The molecule has 0 spiro atoms. The molecule has 7 nitrogen and oxygen atoms in total. The summed E-state index contributed by atoms with van der Waals surface area (Å²) >= 11 is 0. The summed E-state index contributed by atoms with van der Waals surface area (Å²) in [7, 11) is 1.69. The molecule has 1 saturated heterocycles. The minimum absolute atomic E-state index is 0.492. The van der Waals surface area contributed by atoms with Crippen molar-refractivity contribution in [2.75, 3.05) is 46.6 Å². The highest BCUT2D eigenvalue weighted by molar-refractivity contribution is 5.80. The lowest BCUT2D eigenvalue weighted by Gasteiger charge is -2.22. The molecule has 0 saturated carbocycles. The van der Waals surface area contributed by atoms with Crippen LogP contribution in [0, 0.1) is 5.92 Å². The molecule has 168 valence electrons. The summed E-state index contributed by atoms with van der Waals surface area (Å²) in [5.74, 6) is 2.08. The maximum absolute atomic E-state index is 5.98. The average molecular weight is 427 g/mol. The molecule has 1 N–H and O–H groups in total. The van der Waals surface area contributed by atoms with E-state index in [0.29, 0.717) is 38.2 Å². The van der Waals surface area contributed by atoms with Crippen LogP contribution in [-0.4, -0.2) is 62.4 Å². The Kier molecular flexibility index (Phi) is 9.60. The molecular formula is C24H34N4O3. The first-order valence-electron chi connectivity index (χ1n) is 11.0. The third-order valence-corrected chi connectivity index (χ3v) is 5.17. The largest absolute Gasteiger partial charge is 0.473 e. The van der Waals surface area contributed by atoms with E-state index in [1.165, 1.54) is 0 Å². The van der Waals surface area contributed by atoms with Crippen LogP contribution in [0.25, 0.3) is 0 Å². The van der Waals surface area contributed by atoms with Gasteiger partial charge in [-0.1, -0.05) is 36.4 Å². The van der Waals surface area contributed by atoms with Crippen molar-refractivity contribution in [2.45, 2.75) is 26.5 Å². The first kappa shape index (κ1) is 23.0. The molecule has 0 aliphatic carbocycles. The Morgan fingerprint density at radius 2 is 2.06 bits per heavy atom. The number of pyridine rings is 1. The Labute approximate surface area is 185 Å². The van der Waals surface area contributed by atoms with Crippen molar-refractivity contribution in [1.29, 1.82) is 0 Å². The summed E-state index contributed by atoms with van der Waals surface area (Å²) in [6.45, 7) is 7.91. The second-order valence-corrected chi connectivity index (χ2v) is 7.58. The lowest BCUT2D eigenvalue weighted by atomic mass is 10.1. The Morgan fingerprint density at radius 1 is 1.19 bits per heavy atom. The van der Waals surface area contributed by atoms with Crippen molar-refractivity contribution in [3.05, 3.63) is 59.8 Å². The molecule has 3 rings (SSSR count). The highest BCUT2D eigenvalue weighted by Crippen LogP contribution is 2.19. The highest BCUT2D eigenvalue weighted by atomic mass is 16.5. The zero-order valence-electron chi connectivity index (χ0n) is 18.6. The first-order chi connectivity index (χ1) is 15.3. The number of aliphatic imine (C=N–C) groups is 1. The average Bonchev–Trinajstić information content (AvgIpc) is 3.28. The van der Waals surface area contributed by atoms with E-state index in [0.717, 1.165) is 49.7 Å². The standard InChI is InChI=1S/C24H34N4O3/c1-3-25-24(28-13-11-21(17-28)18-30-15-14-29-2)27-16-22-10-7-12-26-23(22)31-19-20-8-5-4-6-9-20/h4-10,12,21H,3,11,13-19H2,1-2H3,(H,25,27). The van der Waals surface area contributed by atoms with Gasteiger partial charge in [0.15, 0.2) is 5.96 Å². The number of benzene rings is 1. The van der Waals surface area contributed by atoms with Crippen molar-refractivity contribution in [3.63, 3.8) is 0 Å². The molecule has 2 aromatic rings. The van der Waals surface area contributed by atoms with E-state index in [4.69, 9.17) is 19.2 Å². The van der Waals surface area contributed by atoms with Gasteiger partial charge in [-0.25, -0.2) is 9.98 Å². The van der Waals surface area contributed by atoms with Gasteiger partial charge in [0.05, 0.1) is 26.4 Å². The predicted molar refractivity (Wildman–Crippen MR) is 122 cm³/mol. The van der Waals surface area contributed by atoms with Crippen LogP contribution in [0.1, 0.15) is 24.5 Å². The van der Waals surface area contributed by atoms with Crippen molar-refractivity contribution in [2.24, 2.45) is 10.9 Å². The van der Waals surface area contributed by atoms with Gasteiger partial charge >= 0.3 is 0 Å². The van der Waals surface area contributed by atoms with E-state index >= 15 is 0 Å². The molecule has 1 aliphatic heterocycles. The first-order valence-corrected chi connectivity index (χ1v) is 11.0. The zero-order chi connectivity index (χ0) is 21.7. The van der Waals surface area contributed by atoms with E-state index in [9.17, 15) is 0 Å². The molecule has 0 bridgehead atoms. The van der Waals surface area contributed by atoms with Gasteiger partial charge in [0.25, 0.3) is 0 Å². The number of hydrogen-bond acceptors (Lipinski definition) is 5. The van der Waals surface area contributed by atoms with E-state index < -0.39 is 0 Å². The molecule has 7 heteroatoms. The normalized spacial score (nSPS) is 16.5. The van der Waals surface area contributed by atoms with Gasteiger partial charge in [0.1, 0.15) is 6.61 Å². The number of hydrogen-bond donors (Lipinski definition) is 1. The number of nitrogens with one attached hydrogen (secondary N) is 1. The predicted octanol–water partition coefficient (Wildman–Crippen LogP) is 3.11. The molecule has 1 aliphatic rings. The maximum Gasteiger partial charge on any atom is 0.218 e. The topological polar surface area (TPSA) is 68.2 Å². The third kappa shape index (κ3) is 7.52. The molecule has 31 heavy (non-hydrogen) atoms. The Balaban J connectivity index is 1.58. The number of methoxy groups -OCH3 is 1. The van der Waals surface area contributed by atoms with Crippen LogP contribution in [0.3, 0.4) is 0 Å². The molecule has 2 heterocycles. The van der Waals surface area contributed by atoms with E-state index in [1.54, 1.807) is 13.3 Å².